The summed E-state index contributed by atoms with van der Waals surface area (Å²) in [5.41, 5.74) is 1.53. The number of hydrogen-bond donors (Lipinski definition) is 2. The second kappa shape index (κ2) is 5.61. The fourth-order valence-corrected chi connectivity index (χ4v) is 1.78. The number of phenolic OH excluding ortho intramolecular Hbond substituents is 1. The number of aryl methyl sites for hydroxylation is 1. The zero-order valence-corrected chi connectivity index (χ0v) is 11.1. The maximum absolute atomic E-state index is 13.2. The lowest BCUT2D eigenvalue weighted by Gasteiger charge is -2.10. The maximum atomic E-state index is 13.2. The monoisotopic (exact) mass is 275 g/mol. The first kappa shape index (κ1) is 13.9. The molecule has 0 atom stereocenters. The van der Waals surface area contributed by atoms with Gasteiger partial charge in [-0.05, 0) is 31.2 Å². The summed E-state index contributed by atoms with van der Waals surface area (Å²) < 4.78 is 18.3. The van der Waals surface area contributed by atoms with Gasteiger partial charge in [0.15, 0.2) is 11.6 Å². The van der Waals surface area contributed by atoms with E-state index in [0.717, 1.165) is 11.6 Å². The van der Waals surface area contributed by atoms with Crippen LogP contribution in [0.3, 0.4) is 0 Å². The van der Waals surface area contributed by atoms with Crippen LogP contribution in [0.5, 0.6) is 11.5 Å². The number of anilines is 1. The van der Waals surface area contributed by atoms with Crippen molar-refractivity contribution >= 4 is 11.6 Å². The molecule has 0 heterocycles. The summed E-state index contributed by atoms with van der Waals surface area (Å²) in [7, 11) is 1.47. The summed E-state index contributed by atoms with van der Waals surface area (Å²) >= 11 is 0. The van der Waals surface area contributed by atoms with Crippen molar-refractivity contribution in [2.45, 2.75) is 6.92 Å². The maximum Gasteiger partial charge on any atom is 0.259 e. The Labute approximate surface area is 115 Å². The van der Waals surface area contributed by atoms with Crippen LogP contribution >= 0.6 is 0 Å². The van der Waals surface area contributed by atoms with Gasteiger partial charge in [0.25, 0.3) is 5.91 Å². The number of aromatic hydroxyl groups is 1. The van der Waals surface area contributed by atoms with E-state index in [1.165, 1.54) is 19.2 Å². The van der Waals surface area contributed by atoms with Gasteiger partial charge in [-0.2, -0.15) is 0 Å². The van der Waals surface area contributed by atoms with Gasteiger partial charge in [0.1, 0.15) is 5.75 Å². The van der Waals surface area contributed by atoms with E-state index in [4.69, 9.17) is 9.84 Å². The van der Waals surface area contributed by atoms with Crippen LogP contribution in [0.4, 0.5) is 10.1 Å². The minimum Gasteiger partial charge on any atom is -0.505 e. The third kappa shape index (κ3) is 2.88. The van der Waals surface area contributed by atoms with Crippen molar-refractivity contribution in [2.75, 3.05) is 12.4 Å². The first-order chi connectivity index (χ1) is 9.51. The molecule has 0 saturated heterocycles. The number of carbonyl (C=O) groups excluding carboxylic acids is 1. The van der Waals surface area contributed by atoms with Crippen molar-refractivity contribution in [3.05, 3.63) is 53.3 Å². The Bertz CT molecular complexity index is 656. The van der Waals surface area contributed by atoms with E-state index in [1.807, 2.05) is 13.0 Å². The topological polar surface area (TPSA) is 58.6 Å². The van der Waals surface area contributed by atoms with Crippen LogP contribution in [0.2, 0.25) is 0 Å². The van der Waals surface area contributed by atoms with Gasteiger partial charge in [0, 0.05) is 11.8 Å². The number of hydrogen-bond acceptors (Lipinski definition) is 3. The van der Waals surface area contributed by atoms with Crippen LogP contribution in [0.1, 0.15) is 15.9 Å². The van der Waals surface area contributed by atoms with Gasteiger partial charge in [0.2, 0.25) is 0 Å². The fourth-order valence-electron chi connectivity index (χ4n) is 1.78. The summed E-state index contributed by atoms with van der Waals surface area (Å²) in [6.45, 7) is 1.86. The molecule has 0 unspecified atom stereocenters. The number of phenols is 1. The predicted molar refractivity (Wildman–Crippen MR) is 73.7 cm³/mol. The smallest absolute Gasteiger partial charge is 0.259 e. The summed E-state index contributed by atoms with van der Waals surface area (Å²) in [6, 6.07) is 8.86. The number of methoxy groups -OCH3 is 1. The summed E-state index contributed by atoms with van der Waals surface area (Å²) in [5, 5.41) is 11.7. The molecule has 0 fully saturated rings. The molecular weight excluding hydrogens is 261 g/mol. The minimum atomic E-state index is -0.793. The van der Waals surface area contributed by atoms with Crippen LogP contribution in [-0.4, -0.2) is 18.1 Å². The quantitative estimate of drug-likeness (QED) is 0.846. The standard InChI is InChI=1S/C15H14FNO3/c1-9-3-6-14(20-2)11(7-9)15(19)17-10-4-5-13(18)12(16)8-10/h3-8,18H,1-2H3,(H,17,19). The van der Waals surface area contributed by atoms with Gasteiger partial charge in [-0.25, -0.2) is 4.39 Å². The van der Waals surface area contributed by atoms with Crippen LogP contribution in [-0.2, 0) is 0 Å². The molecule has 0 saturated carbocycles. The van der Waals surface area contributed by atoms with Crippen molar-refractivity contribution in [1.82, 2.24) is 0 Å². The Balaban J connectivity index is 2.27. The Morgan fingerprint density at radius 3 is 2.65 bits per heavy atom. The number of amides is 1. The Hall–Kier alpha value is -2.56. The third-order valence-corrected chi connectivity index (χ3v) is 2.81. The highest BCUT2D eigenvalue weighted by atomic mass is 19.1. The molecule has 20 heavy (non-hydrogen) atoms. The molecule has 2 rings (SSSR count). The summed E-state index contributed by atoms with van der Waals surface area (Å²) in [5.74, 6) is -1.22. The van der Waals surface area contributed by atoms with Crippen molar-refractivity contribution in [1.29, 1.82) is 0 Å². The number of halogens is 1. The lowest BCUT2D eigenvalue weighted by molar-refractivity contribution is 0.102. The number of nitrogens with one attached hydrogen (secondary N) is 1. The molecule has 0 radical (unpaired) electrons. The van der Waals surface area contributed by atoms with E-state index in [1.54, 1.807) is 12.1 Å². The fraction of sp³-hybridized carbons (Fsp3) is 0.133. The van der Waals surface area contributed by atoms with Gasteiger partial charge in [0.05, 0.1) is 12.7 Å². The van der Waals surface area contributed by atoms with Crippen molar-refractivity contribution < 1.29 is 19.0 Å². The normalized spacial score (nSPS) is 10.2. The van der Waals surface area contributed by atoms with Gasteiger partial charge < -0.3 is 15.2 Å². The molecule has 104 valence electrons. The SMILES string of the molecule is COc1ccc(C)cc1C(=O)Nc1ccc(O)c(F)c1. The molecule has 0 spiro atoms. The Kier molecular flexibility index (Phi) is 3.89. The molecule has 0 bridgehead atoms. The molecule has 0 aromatic heterocycles. The molecule has 0 aliphatic heterocycles. The largest absolute Gasteiger partial charge is 0.505 e. The molecule has 5 heteroatoms. The third-order valence-electron chi connectivity index (χ3n) is 2.81. The number of ether oxygens (including phenoxy) is 1. The van der Waals surface area contributed by atoms with Gasteiger partial charge in [-0.15, -0.1) is 0 Å². The average molecular weight is 275 g/mol. The van der Waals surface area contributed by atoms with Crippen LogP contribution in [0, 0.1) is 12.7 Å². The van der Waals surface area contributed by atoms with Crippen molar-refractivity contribution in [3.63, 3.8) is 0 Å². The number of rotatable bonds is 3. The molecule has 0 aliphatic carbocycles. The zero-order chi connectivity index (χ0) is 14.7. The van der Waals surface area contributed by atoms with E-state index in [9.17, 15) is 9.18 Å². The summed E-state index contributed by atoms with van der Waals surface area (Å²) in [6.07, 6.45) is 0. The van der Waals surface area contributed by atoms with Crippen LogP contribution < -0.4 is 10.1 Å². The zero-order valence-electron chi connectivity index (χ0n) is 11.1. The Morgan fingerprint density at radius 2 is 2.00 bits per heavy atom. The first-order valence-corrected chi connectivity index (χ1v) is 5.96. The van der Waals surface area contributed by atoms with E-state index in [-0.39, 0.29) is 5.69 Å². The molecule has 0 aliphatic rings. The van der Waals surface area contributed by atoms with Crippen molar-refractivity contribution in [3.8, 4) is 11.5 Å². The first-order valence-electron chi connectivity index (χ1n) is 5.96. The highest BCUT2D eigenvalue weighted by molar-refractivity contribution is 6.06. The Morgan fingerprint density at radius 1 is 1.25 bits per heavy atom. The van der Waals surface area contributed by atoms with Crippen molar-refractivity contribution in [2.24, 2.45) is 0 Å². The van der Waals surface area contributed by atoms with Gasteiger partial charge >= 0.3 is 0 Å². The lowest BCUT2D eigenvalue weighted by atomic mass is 10.1. The minimum absolute atomic E-state index is 0.258. The van der Waals surface area contributed by atoms with Gasteiger partial charge in [-0.1, -0.05) is 11.6 Å². The highest BCUT2D eigenvalue weighted by Crippen LogP contribution is 2.23. The molecule has 4 nitrogen and oxygen atoms in total. The van der Waals surface area contributed by atoms with E-state index < -0.39 is 17.5 Å². The lowest BCUT2D eigenvalue weighted by Crippen LogP contribution is -2.13. The van der Waals surface area contributed by atoms with E-state index >= 15 is 0 Å². The van der Waals surface area contributed by atoms with Crippen LogP contribution in [0.15, 0.2) is 36.4 Å². The second-order valence-corrected chi connectivity index (χ2v) is 4.32. The highest BCUT2D eigenvalue weighted by Gasteiger charge is 2.13. The van der Waals surface area contributed by atoms with Gasteiger partial charge in [-0.3, -0.25) is 4.79 Å². The van der Waals surface area contributed by atoms with E-state index in [2.05, 4.69) is 5.32 Å². The molecule has 1 amide bonds. The number of benzene rings is 2. The molecule has 2 N–H and O–H groups in total. The molecular formula is C15H14FNO3. The molecule has 2 aromatic carbocycles. The van der Waals surface area contributed by atoms with Crippen LogP contribution in [0.25, 0.3) is 0 Å². The van der Waals surface area contributed by atoms with E-state index in [0.29, 0.717) is 11.3 Å². The average Bonchev–Trinajstić information content (AvgIpc) is 2.43. The summed E-state index contributed by atoms with van der Waals surface area (Å²) in [4.78, 5) is 12.2. The second-order valence-electron chi connectivity index (χ2n) is 4.32. The number of carbonyl (C=O) groups is 1. The predicted octanol–water partition coefficient (Wildman–Crippen LogP) is 3.10. The molecule has 2 aromatic rings.